The zero-order valence-corrected chi connectivity index (χ0v) is 7.41. The predicted octanol–water partition coefficient (Wildman–Crippen LogP) is 1.04. The molecule has 1 aromatic rings. The lowest BCUT2D eigenvalue weighted by atomic mass is 10.1. The summed E-state index contributed by atoms with van der Waals surface area (Å²) in [5.41, 5.74) is 7.38. The zero-order chi connectivity index (χ0) is 9.14. The molecule has 3 nitrogen and oxygen atoms in total. The number of benzene rings is 1. The first-order valence-electron chi connectivity index (χ1n) is 3.81. The Labute approximate surface area is 72.4 Å². The molecule has 1 rings (SSSR count). The summed E-state index contributed by atoms with van der Waals surface area (Å²) in [5.74, 6) is 0.265. The van der Waals surface area contributed by atoms with Gasteiger partial charge in [0.05, 0.1) is 0 Å². The molecule has 0 radical (unpaired) electrons. The molecule has 0 unspecified atom stereocenters. The monoisotopic (exact) mass is 166 g/mol. The van der Waals surface area contributed by atoms with Crippen molar-refractivity contribution in [3.8, 4) is 5.75 Å². The largest absolute Gasteiger partial charge is 0.508 e. The van der Waals surface area contributed by atoms with E-state index in [0.29, 0.717) is 0 Å². The summed E-state index contributed by atoms with van der Waals surface area (Å²) < 4.78 is 0. The highest BCUT2D eigenvalue weighted by Crippen LogP contribution is 2.18. The topological polar surface area (TPSA) is 49.5 Å². The molecule has 0 saturated carbocycles. The van der Waals surface area contributed by atoms with Crippen LogP contribution in [0.4, 0.5) is 5.69 Å². The van der Waals surface area contributed by atoms with Gasteiger partial charge in [0, 0.05) is 12.2 Å². The molecule has 3 heteroatoms. The molecule has 0 atom stereocenters. The number of nitrogen functional groups attached to an aromatic ring is 1. The number of nitrogens with zero attached hydrogens (tertiary/aromatic N) is 1. The number of rotatable bonds is 2. The second-order valence-electron chi connectivity index (χ2n) is 3.12. The molecule has 0 bridgehead atoms. The molecular formula is C9H14N2O. The minimum absolute atomic E-state index is 0.265. The molecule has 0 saturated heterocycles. The van der Waals surface area contributed by atoms with E-state index in [1.807, 2.05) is 19.0 Å². The third-order valence-electron chi connectivity index (χ3n) is 1.61. The van der Waals surface area contributed by atoms with Crippen LogP contribution in [0.15, 0.2) is 18.2 Å². The molecule has 1 aromatic carbocycles. The standard InChI is InChI=1S/C9H14N2O/c1-11(2)6-7-5-8(12)3-4-9(7)10/h3-5,12H,6,10H2,1-2H3. The van der Waals surface area contributed by atoms with Crippen molar-refractivity contribution in [3.63, 3.8) is 0 Å². The Hall–Kier alpha value is -1.22. The Morgan fingerprint density at radius 3 is 2.67 bits per heavy atom. The number of aromatic hydroxyl groups is 1. The van der Waals surface area contributed by atoms with Crippen LogP contribution in [0.2, 0.25) is 0 Å². The summed E-state index contributed by atoms with van der Waals surface area (Å²) in [5, 5.41) is 9.18. The number of phenolic OH excluding ortho intramolecular Hbond substituents is 1. The van der Waals surface area contributed by atoms with Crippen LogP contribution >= 0.6 is 0 Å². The van der Waals surface area contributed by atoms with E-state index in [0.717, 1.165) is 17.8 Å². The van der Waals surface area contributed by atoms with Crippen LogP contribution in [0.25, 0.3) is 0 Å². The van der Waals surface area contributed by atoms with Gasteiger partial charge < -0.3 is 15.7 Å². The molecule has 12 heavy (non-hydrogen) atoms. The highest BCUT2D eigenvalue weighted by molar-refractivity contribution is 5.49. The summed E-state index contributed by atoms with van der Waals surface area (Å²) in [4.78, 5) is 2.01. The van der Waals surface area contributed by atoms with Gasteiger partial charge in [-0.25, -0.2) is 0 Å². The van der Waals surface area contributed by atoms with Crippen LogP contribution in [0.3, 0.4) is 0 Å². The third kappa shape index (κ3) is 2.13. The summed E-state index contributed by atoms with van der Waals surface area (Å²) in [6.07, 6.45) is 0. The van der Waals surface area contributed by atoms with Crippen molar-refractivity contribution in [2.45, 2.75) is 6.54 Å². The molecule has 66 valence electrons. The Kier molecular flexibility index (Phi) is 2.55. The van der Waals surface area contributed by atoms with E-state index < -0.39 is 0 Å². The summed E-state index contributed by atoms with van der Waals surface area (Å²) in [6.45, 7) is 0.750. The molecule has 0 aromatic heterocycles. The van der Waals surface area contributed by atoms with Gasteiger partial charge in [0.1, 0.15) is 5.75 Å². The van der Waals surface area contributed by atoms with Crippen molar-refractivity contribution in [3.05, 3.63) is 23.8 Å². The predicted molar refractivity (Wildman–Crippen MR) is 49.9 cm³/mol. The quantitative estimate of drug-likeness (QED) is 0.509. The van der Waals surface area contributed by atoms with E-state index in [2.05, 4.69) is 0 Å². The van der Waals surface area contributed by atoms with Crippen molar-refractivity contribution in [2.75, 3.05) is 19.8 Å². The van der Waals surface area contributed by atoms with Crippen molar-refractivity contribution in [2.24, 2.45) is 0 Å². The van der Waals surface area contributed by atoms with Gasteiger partial charge in [-0.05, 0) is 37.9 Å². The number of nitrogens with two attached hydrogens (primary N) is 1. The van der Waals surface area contributed by atoms with E-state index in [9.17, 15) is 5.11 Å². The van der Waals surface area contributed by atoms with E-state index in [1.165, 1.54) is 0 Å². The molecule has 0 spiro atoms. The number of phenols is 1. The van der Waals surface area contributed by atoms with Crippen molar-refractivity contribution < 1.29 is 5.11 Å². The van der Waals surface area contributed by atoms with Gasteiger partial charge in [-0.2, -0.15) is 0 Å². The first-order valence-corrected chi connectivity index (χ1v) is 3.81. The first kappa shape index (κ1) is 8.87. The molecular weight excluding hydrogens is 152 g/mol. The number of anilines is 1. The van der Waals surface area contributed by atoms with Crippen LogP contribution < -0.4 is 5.73 Å². The Morgan fingerprint density at radius 2 is 2.08 bits per heavy atom. The lowest BCUT2D eigenvalue weighted by Gasteiger charge is -2.11. The fraction of sp³-hybridized carbons (Fsp3) is 0.333. The summed E-state index contributed by atoms with van der Waals surface area (Å²) >= 11 is 0. The Bertz CT molecular complexity index is 271. The van der Waals surface area contributed by atoms with Gasteiger partial charge in [0.25, 0.3) is 0 Å². The number of hydrogen-bond donors (Lipinski definition) is 2. The normalized spacial score (nSPS) is 10.6. The van der Waals surface area contributed by atoms with Gasteiger partial charge in [0.15, 0.2) is 0 Å². The van der Waals surface area contributed by atoms with E-state index in [1.54, 1.807) is 18.2 Å². The van der Waals surface area contributed by atoms with Gasteiger partial charge in [-0.15, -0.1) is 0 Å². The molecule has 0 aliphatic heterocycles. The maximum absolute atomic E-state index is 9.18. The fourth-order valence-electron chi connectivity index (χ4n) is 1.07. The number of hydrogen-bond acceptors (Lipinski definition) is 3. The molecule has 0 amide bonds. The summed E-state index contributed by atoms with van der Waals surface area (Å²) in [7, 11) is 3.92. The molecule has 0 aliphatic carbocycles. The second kappa shape index (κ2) is 3.45. The van der Waals surface area contributed by atoms with Crippen molar-refractivity contribution >= 4 is 5.69 Å². The lowest BCUT2D eigenvalue weighted by Crippen LogP contribution is -2.11. The van der Waals surface area contributed by atoms with Gasteiger partial charge in [0.2, 0.25) is 0 Å². The zero-order valence-electron chi connectivity index (χ0n) is 7.41. The minimum atomic E-state index is 0.265. The van der Waals surface area contributed by atoms with E-state index in [4.69, 9.17) is 5.73 Å². The Morgan fingerprint density at radius 1 is 1.42 bits per heavy atom. The van der Waals surface area contributed by atoms with E-state index in [-0.39, 0.29) is 5.75 Å². The molecule has 0 aliphatic rings. The van der Waals surface area contributed by atoms with Crippen molar-refractivity contribution in [1.29, 1.82) is 0 Å². The van der Waals surface area contributed by atoms with Gasteiger partial charge in [-0.3, -0.25) is 0 Å². The highest BCUT2D eigenvalue weighted by atomic mass is 16.3. The maximum atomic E-state index is 9.18. The average Bonchev–Trinajstić information content (AvgIpc) is 1.96. The van der Waals surface area contributed by atoms with Crippen LogP contribution in [-0.4, -0.2) is 24.1 Å². The van der Waals surface area contributed by atoms with Crippen LogP contribution in [0.1, 0.15) is 5.56 Å². The average molecular weight is 166 g/mol. The minimum Gasteiger partial charge on any atom is -0.508 e. The smallest absolute Gasteiger partial charge is 0.116 e. The van der Waals surface area contributed by atoms with Crippen molar-refractivity contribution in [1.82, 2.24) is 4.90 Å². The highest BCUT2D eigenvalue weighted by Gasteiger charge is 2.00. The third-order valence-corrected chi connectivity index (χ3v) is 1.61. The SMILES string of the molecule is CN(C)Cc1cc(O)ccc1N. The molecule has 3 N–H and O–H groups in total. The van der Waals surface area contributed by atoms with E-state index >= 15 is 0 Å². The molecule has 0 fully saturated rings. The Balaban J connectivity index is 2.90. The van der Waals surface area contributed by atoms with Gasteiger partial charge in [-0.1, -0.05) is 0 Å². The second-order valence-corrected chi connectivity index (χ2v) is 3.12. The van der Waals surface area contributed by atoms with Crippen LogP contribution in [0.5, 0.6) is 5.75 Å². The summed E-state index contributed by atoms with van der Waals surface area (Å²) in [6, 6.07) is 5.00. The van der Waals surface area contributed by atoms with Crippen LogP contribution in [0, 0.1) is 0 Å². The van der Waals surface area contributed by atoms with Crippen LogP contribution in [-0.2, 0) is 6.54 Å². The lowest BCUT2D eigenvalue weighted by molar-refractivity contribution is 0.401. The maximum Gasteiger partial charge on any atom is 0.116 e. The molecule has 0 heterocycles. The van der Waals surface area contributed by atoms with Gasteiger partial charge >= 0.3 is 0 Å². The fourth-order valence-corrected chi connectivity index (χ4v) is 1.07. The first-order chi connectivity index (χ1) is 5.59.